The first-order chi connectivity index (χ1) is 8.37. The molecule has 0 spiro atoms. The second-order valence-corrected chi connectivity index (χ2v) is 4.20. The Morgan fingerprint density at radius 1 is 1.32 bits per heavy atom. The summed E-state index contributed by atoms with van der Waals surface area (Å²) in [6, 6.07) is 4.19. The van der Waals surface area contributed by atoms with Gasteiger partial charge in [0.1, 0.15) is 11.6 Å². The van der Waals surface area contributed by atoms with E-state index in [1.54, 1.807) is 13.0 Å². The van der Waals surface area contributed by atoms with Gasteiger partial charge in [-0.15, -0.1) is 30.2 Å². The average Bonchev–Trinajstić information content (AvgIpc) is 2.62. The smallest absolute Gasteiger partial charge is 0.406 e. The van der Waals surface area contributed by atoms with Gasteiger partial charge in [0.2, 0.25) is 0 Å². The van der Waals surface area contributed by atoms with Crippen molar-refractivity contribution in [3.63, 3.8) is 0 Å². The summed E-state index contributed by atoms with van der Waals surface area (Å²) in [7, 11) is 0. The lowest BCUT2D eigenvalue weighted by Gasteiger charge is -2.21. The zero-order chi connectivity index (χ0) is 13.3. The molecule has 3 nitrogen and oxygen atoms in total. The molecular weight excluding hydrogens is 325 g/mol. The van der Waals surface area contributed by atoms with E-state index in [9.17, 15) is 13.2 Å². The molecule has 1 aliphatic rings. The second kappa shape index (κ2) is 5.81. The van der Waals surface area contributed by atoms with Crippen molar-refractivity contribution in [1.29, 1.82) is 5.41 Å². The number of halogens is 4. The summed E-state index contributed by atoms with van der Waals surface area (Å²) >= 11 is 0. The highest BCUT2D eigenvalue weighted by molar-refractivity contribution is 8.93. The second-order valence-electron chi connectivity index (χ2n) is 4.20. The van der Waals surface area contributed by atoms with Crippen molar-refractivity contribution in [1.82, 2.24) is 0 Å². The third-order valence-electron chi connectivity index (χ3n) is 2.81. The number of anilines is 1. The van der Waals surface area contributed by atoms with Crippen LogP contribution < -0.4 is 9.64 Å². The van der Waals surface area contributed by atoms with E-state index in [0.717, 1.165) is 18.7 Å². The van der Waals surface area contributed by atoms with Gasteiger partial charge in [-0.25, -0.2) is 0 Å². The molecule has 0 bridgehead atoms. The fourth-order valence-corrected chi connectivity index (χ4v) is 2.07. The zero-order valence-electron chi connectivity index (χ0n) is 10.3. The molecule has 0 unspecified atom stereocenters. The maximum Gasteiger partial charge on any atom is 0.573 e. The van der Waals surface area contributed by atoms with Crippen molar-refractivity contribution < 1.29 is 17.9 Å². The Morgan fingerprint density at radius 2 is 2.00 bits per heavy atom. The summed E-state index contributed by atoms with van der Waals surface area (Å²) in [5.74, 6) is 0.275. The largest absolute Gasteiger partial charge is 0.573 e. The van der Waals surface area contributed by atoms with Gasteiger partial charge >= 0.3 is 6.36 Å². The number of hydrogen-bond acceptors (Lipinski definition) is 2. The van der Waals surface area contributed by atoms with Crippen LogP contribution in [0.5, 0.6) is 5.75 Å². The Kier molecular flexibility index (Phi) is 4.84. The number of hydrogen-bond donors (Lipinski definition) is 1. The van der Waals surface area contributed by atoms with Crippen LogP contribution in [0.1, 0.15) is 18.4 Å². The lowest BCUT2D eigenvalue weighted by atomic mass is 10.1. The third-order valence-corrected chi connectivity index (χ3v) is 2.81. The molecule has 1 N–H and O–H groups in total. The van der Waals surface area contributed by atoms with Gasteiger partial charge < -0.3 is 9.64 Å². The first kappa shape index (κ1) is 15.8. The van der Waals surface area contributed by atoms with Gasteiger partial charge in [0.25, 0.3) is 0 Å². The molecule has 1 aliphatic heterocycles. The summed E-state index contributed by atoms with van der Waals surface area (Å²) in [5.41, 5.74) is 1.44. The van der Waals surface area contributed by atoms with E-state index >= 15 is 0 Å². The minimum absolute atomic E-state index is 0. The highest BCUT2D eigenvalue weighted by Gasteiger charge is 2.31. The fraction of sp³-hybridized carbons (Fsp3) is 0.417. The Balaban J connectivity index is 0.00000180. The lowest BCUT2D eigenvalue weighted by Crippen LogP contribution is -2.24. The SMILES string of the molecule is Br.Cc1cc(OC(F)(F)F)ccc1N1CCCC1=N. The number of nitrogens with one attached hydrogen (secondary N) is 1. The Bertz CT molecular complexity index is 477. The van der Waals surface area contributed by atoms with Crippen LogP contribution >= 0.6 is 17.0 Å². The third kappa shape index (κ3) is 3.86. The van der Waals surface area contributed by atoms with E-state index in [4.69, 9.17) is 5.41 Å². The Morgan fingerprint density at radius 3 is 2.47 bits per heavy atom. The minimum Gasteiger partial charge on any atom is -0.406 e. The van der Waals surface area contributed by atoms with Crippen molar-refractivity contribution >= 4 is 28.5 Å². The number of rotatable bonds is 2. The van der Waals surface area contributed by atoms with E-state index in [1.807, 2.05) is 4.90 Å². The summed E-state index contributed by atoms with van der Waals surface area (Å²) in [5, 5.41) is 7.75. The quantitative estimate of drug-likeness (QED) is 0.883. The van der Waals surface area contributed by atoms with Gasteiger partial charge in [0.05, 0.1) is 0 Å². The van der Waals surface area contributed by atoms with Crippen LogP contribution in [-0.4, -0.2) is 18.7 Å². The molecule has 7 heteroatoms. The molecule has 0 amide bonds. The topological polar surface area (TPSA) is 36.3 Å². The number of nitrogens with zero attached hydrogens (tertiary/aromatic N) is 1. The van der Waals surface area contributed by atoms with E-state index in [-0.39, 0.29) is 22.7 Å². The maximum absolute atomic E-state index is 12.1. The molecule has 106 valence electrons. The van der Waals surface area contributed by atoms with Crippen molar-refractivity contribution in [3.05, 3.63) is 23.8 Å². The Labute approximate surface area is 119 Å². The molecule has 1 aromatic carbocycles. The first-order valence-corrected chi connectivity index (χ1v) is 5.58. The first-order valence-electron chi connectivity index (χ1n) is 5.58. The monoisotopic (exact) mass is 338 g/mol. The molecule has 2 rings (SSSR count). The molecule has 1 fully saturated rings. The van der Waals surface area contributed by atoms with E-state index in [0.29, 0.717) is 17.8 Å². The number of alkyl halides is 3. The summed E-state index contributed by atoms with van der Waals surface area (Å²) in [6.07, 6.45) is -3.06. The molecule has 1 heterocycles. The van der Waals surface area contributed by atoms with Crippen molar-refractivity contribution in [2.45, 2.75) is 26.1 Å². The van der Waals surface area contributed by atoms with Crippen LogP contribution in [0, 0.1) is 12.3 Å². The molecular formula is C12H14BrF3N2O. The standard InChI is InChI=1S/C12H13F3N2O.BrH/c1-8-7-9(18-12(13,14)15)4-5-10(8)17-6-2-3-11(17)16;/h4-5,7,16H,2-3,6H2,1H3;1H. The van der Waals surface area contributed by atoms with Crippen molar-refractivity contribution in [2.75, 3.05) is 11.4 Å². The molecule has 0 aromatic heterocycles. The minimum atomic E-state index is -4.67. The summed E-state index contributed by atoms with van der Waals surface area (Å²) in [6.45, 7) is 2.45. The predicted octanol–water partition coefficient (Wildman–Crippen LogP) is 4.05. The molecule has 1 aromatic rings. The molecule has 0 atom stereocenters. The van der Waals surface area contributed by atoms with Gasteiger partial charge in [-0.1, -0.05) is 0 Å². The van der Waals surface area contributed by atoms with Gasteiger partial charge in [0, 0.05) is 18.7 Å². The zero-order valence-corrected chi connectivity index (χ0v) is 12.0. The van der Waals surface area contributed by atoms with E-state index < -0.39 is 6.36 Å². The molecule has 19 heavy (non-hydrogen) atoms. The average molecular weight is 339 g/mol. The highest BCUT2D eigenvalue weighted by Crippen LogP contribution is 2.30. The highest BCUT2D eigenvalue weighted by atomic mass is 79.9. The van der Waals surface area contributed by atoms with Crippen LogP contribution in [0.3, 0.4) is 0 Å². The van der Waals surface area contributed by atoms with Crippen LogP contribution in [0.25, 0.3) is 0 Å². The van der Waals surface area contributed by atoms with Crippen molar-refractivity contribution in [2.24, 2.45) is 0 Å². The van der Waals surface area contributed by atoms with Crippen molar-refractivity contribution in [3.8, 4) is 5.75 Å². The van der Waals surface area contributed by atoms with Gasteiger partial charge in [-0.3, -0.25) is 5.41 Å². The van der Waals surface area contributed by atoms with Crippen LogP contribution in [0.15, 0.2) is 18.2 Å². The van der Waals surface area contributed by atoms with Gasteiger partial charge in [0.15, 0.2) is 0 Å². The number of aryl methyl sites for hydroxylation is 1. The molecule has 1 saturated heterocycles. The van der Waals surface area contributed by atoms with Gasteiger partial charge in [-0.2, -0.15) is 0 Å². The summed E-state index contributed by atoms with van der Waals surface area (Å²) < 4.78 is 40.1. The van der Waals surface area contributed by atoms with E-state index in [2.05, 4.69) is 4.74 Å². The lowest BCUT2D eigenvalue weighted by molar-refractivity contribution is -0.274. The van der Waals surface area contributed by atoms with E-state index in [1.165, 1.54) is 12.1 Å². The number of ether oxygens (including phenoxy) is 1. The number of benzene rings is 1. The normalized spacial score (nSPS) is 15.4. The fourth-order valence-electron chi connectivity index (χ4n) is 2.07. The predicted molar refractivity (Wildman–Crippen MR) is 72.5 cm³/mol. The van der Waals surface area contributed by atoms with Gasteiger partial charge in [-0.05, 0) is 37.1 Å². The molecule has 0 radical (unpaired) electrons. The summed E-state index contributed by atoms with van der Waals surface area (Å²) in [4.78, 5) is 1.81. The Hall–Kier alpha value is -1.24. The molecule has 0 saturated carbocycles. The molecule has 0 aliphatic carbocycles. The van der Waals surface area contributed by atoms with Crippen LogP contribution in [0.2, 0.25) is 0 Å². The van der Waals surface area contributed by atoms with Crippen LogP contribution in [0.4, 0.5) is 18.9 Å². The maximum atomic E-state index is 12.1. The van der Waals surface area contributed by atoms with Crippen LogP contribution in [-0.2, 0) is 0 Å². The number of amidine groups is 1.